The number of carboxylic acid groups (broad SMARTS) is 1. The lowest BCUT2D eigenvalue weighted by molar-refractivity contribution is 0.0697. The Bertz CT molecular complexity index is 526. The molecule has 18 heavy (non-hydrogen) atoms. The van der Waals surface area contributed by atoms with E-state index in [2.05, 4.69) is 22.4 Å². The number of aromatic carboxylic acids is 1. The normalized spacial score (nSPS) is 10.0. The molecular formula is C14H14N2O2. The Balaban J connectivity index is 1.90. The van der Waals surface area contributed by atoms with Gasteiger partial charge in [0.1, 0.15) is 5.82 Å². The zero-order valence-corrected chi connectivity index (χ0v) is 9.84. The summed E-state index contributed by atoms with van der Waals surface area (Å²) in [4.78, 5) is 14.9. The van der Waals surface area contributed by atoms with Crippen LogP contribution in [0.15, 0.2) is 48.7 Å². The highest BCUT2D eigenvalue weighted by Gasteiger charge is 2.03. The van der Waals surface area contributed by atoms with Gasteiger partial charge in [0.25, 0.3) is 0 Å². The standard InChI is InChI=1S/C14H14N2O2/c17-14(18)12-7-9-16-13(10-12)15-8-6-11-4-2-1-3-5-11/h1-5,7,9-10H,6,8H2,(H,15,16)(H,17,18). The van der Waals surface area contributed by atoms with Crippen LogP contribution in [-0.4, -0.2) is 22.6 Å². The van der Waals surface area contributed by atoms with Crippen molar-refractivity contribution in [2.75, 3.05) is 11.9 Å². The van der Waals surface area contributed by atoms with Gasteiger partial charge in [0.05, 0.1) is 5.56 Å². The average Bonchev–Trinajstić information content (AvgIpc) is 2.40. The van der Waals surface area contributed by atoms with Crippen LogP contribution in [0.2, 0.25) is 0 Å². The molecule has 0 radical (unpaired) electrons. The summed E-state index contributed by atoms with van der Waals surface area (Å²) in [5.74, 6) is -0.352. The van der Waals surface area contributed by atoms with Gasteiger partial charge in [-0.1, -0.05) is 30.3 Å². The maximum atomic E-state index is 10.8. The first-order valence-corrected chi connectivity index (χ1v) is 5.73. The van der Waals surface area contributed by atoms with Crippen LogP contribution in [0, 0.1) is 0 Å². The highest BCUT2D eigenvalue weighted by atomic mass is 16.4. The lowest BCUT2D eigenvalue weighted by Gasteiger charge is -2.06. The molecule has 0 saturated heterocycles. The minimum Gasteiger partial charge on any atom is -0.478 e. The SMILES string of the molecule is O=C(O)c1ccnc(NCCc2ccccc2)c1. The van der Waals surface area contributed by atoms with Crippen molar-refractivity contribution in [3.63, 3.8) is 0 Å². The number of rotatable bonds is 5. The maximum Gasteiger partial charge on any atom is 0.335 e. The van der Waals surface area contributed by atoms with E-state index < -0.39 is 5.97 Å². The van der Waals surface area contributed by atoms with Crippen LogP contribution < -0.4 is 5.32 Å². The van der Waals surface area contributed by atoms with Crippen molar-refractivity contribution >= 4 is 11.8 Å². The van der Waals surface area contributed by atoms with E-state index in [1.807, 2.05) is 18.2 Å². The topological polar surface area (TPSA) is 62.2 Å². The molecule has 1 aromatic heterocycles. The highest BCUT2D eigenvalue weighted by Crippen LogP contribution is 2.07. The summed E-state index contributed by atoms with van der Waals surface area (Å²) in [6, 6.07) is 13.1. The molecule has 0 saturated carbocycles. The molecule has 0 bridgehead atoms. The molecular weight excluding hydrogens is 228 g/mol. The number of hydrogen-bond acceptors (Lipinski definition) is 3. The van der Waals surface area contributed by atoms with Crippen molar-refractivity contribution < 1.29 is 9.90 Å². The third-order valence-electron chi connectivity index (χ3n) is 2.57. The van der Waals surface area contributed by atoms with Crippen LogP contribution >= 0.6 is 0 Å². The van der Waals surface area contributed by atoms with E-state index in [1.165, 1.54) is 23.9 Å². The first-order chi connectivity index (χ1) is 8.75. The highest BCUT2D eigenvalue weighted by molar-refractivity contribution is 5.88. The zero-order valence-electron chi connectivity index (χ0n) is 9.84. The fourth-order valence-electron chi connectivity index (χ4n) is 1.64. The molecule has 0 unspecified atom stereocenters. The Morgan fingerprint density at radius 3 is 2.72 bits per heavy atom. The van der Waals surface area contributed by atoms with Gasteiger partial charge in [0.2, 0.25) is 0 Å². The minimum absolute atomic E-state index is 0.243. The molecule has 2 rings (SSSR count). The Hall–Kier alpha value is -2.36. The van der Waals surface area contributed by atoms with Gasteiger partial charge < -0.3 is 10.4 Å². The van der Waals surface area contributed by atoms with Gasteiger partial charge in [-0.25, -0.2) is 9.78 Å². The second-order valence-corrected chi connectivity index (χ2v) is 3.90. The van der Waals surface area contributed by atoms with Gasteiger partial charge in [0.15, 0.2) is 0 Å². The van der Waals surface area contributed by atoms with Crippen LogP contribution in [0.25, 0.3) is 0 Å². The molecule has 92 valence electrons. The smallest absolute Gasteiger partial charge is 0.335 e. The van der Waals surface area contributed by atoms with Gasteiger partial charge in [-0.15, -0.1) is 0 Å². The summed E-state index contributed by atoms with van der Waals surface area (Å²) in [5, 5.41) is 12.0. The molecule has 4 nitrogen and oxygen atoms in total. The van der Waals surface area contributed by atoms with Gasteiger partial charge in [-0.3, -0.25) is 0 Å². The minimum atomic E-state index is -0.941. The second-order valence-electron chi connectivity index (χ2n) is 3.90. The van der Waals surface area contributed by atoms with Gasteiger partial charge in [-0.05, 0) is 24.1 Å². The van der Waals surface area contributed by atoms with E-state index in [4.69, 9.17) is 5.11 Å². The van der Waals surface area contributed by atoms with E-state index in [0.717, 1.165) is 13.0 Å². The van der Waals surface area contributed by atoms with Crippen molar-refractivity contribution in [2.45, 2.75) is 6.42 Å². The van der Waals surface area contributed by atoms with Crippen LogP contribution in [-0.2, 0) is 6.42 Å². The largest absolute Gasteiger partial charge is 0.478 e. The fraction of sp³-hybridized carbons (Fsp3) is 0.143. The summed E-state index contributed by atoms with van der Waals surface area (Å²) in [6.07, 6.45) is 2.37. The number of pyridine rings is 1. The number of anilines is 1. The number of nitrogens with one attached hydrogen (secondary N) is 1. The summed E-state index contributed by atoms with van der Waals surface area (Å²) in [6.45, 7) is 0.722. The summed E-state index contributed by atoms with van der Waals surface area (Å²) < 4.78 is 0. The molecule has 0 aliphatic carbocycles. The summed E-state index contributed by atoms with van der Waals surface area (Å²) in [5.41, 5.74) is 1.48. The monoisotopic (exact) mass is 242 g/mol. The maximum absolute atomic E-state index is 10.8. The predicted molar refractivity (Wildman–Crippen MR) is 69.8 cm³/mol. The van der Waals surface area contributed by atoms with Crippen LogP contribution in [0.5, 0.6) is 0 Å². The van der Waals surface area contributed by atoms with Crippen LogP contribution in [0.1, 0.15) is 15.9 Å². The molecule has 0 amide bonds. The quantitative estimate of drug-likeness (QED) is 0.845. The number of hydrogen-bond donors (Lipinski definition) is 2. The van der Waals surface area contributed by atoms with Gasteiger partial charge >= 0.3 is 5.97 Å². The van der Waals surface area contributed by atoms with Gasteiger partial charge in [0, 0.05) is 12.7 Å². The Labute approximate surface area is 105 Å². The second kappa shape index (κ2) is 5.82. The molecule has 0 fully saturated rings. The molecule has 2 N–H and O–H groups in total. The van der Waals surface area contributed by atoms with Gasteiger partial charge in [-0.2, -0.15) is 0 Å². The molecule has 0 spiro atoms. The third kappa shape index (κ3) is 3.31. The molecule has 0 aliphatic rings. The van der Waals surface area contributed by atoms with Crippen molar-refractivity contribution in [3.05, 3.63) is 59.8 Å². The van der Waals surface area contributed by atoms with E-state index in [0.29, 0.717) is 5.82 Å². The first kappa shape index (κ1) is 12.1. The molecule has 2 aromatic rings. The van der Waals surface area contributed by atoms with E-state index in [1.54, 1.807) is 0 Å². The molecule has 0 aliphatic heterocycles. The Kier molecular flexibility index (Phi) is 3.91. The molecule has 4 heteroatoms. The molecule has 1 heterocycles. The number of benzene rings is 1. The third-order valence-corrected chi connectivity index (χ3v) is 2.57. The van der Waals surface area contributed by atoms with Crippen molar-refractivity contribution in [1.82, 2.24) is 4.98 Å². The van der Waals surface area contributed by atoms with Crippen LogP contribution in [0.3, 0.4) is 0 Å². The van der Waals surface area contributed by atoms with Crippen molar-refractivity contribution in [1.29, 1.82) is 0 Å². The number of carboxylic acids is 1. The lowest BCUT2D eigenvalue weighted by atomic mass is 10.1. The average molecular weight is 242 g/mol. The number of aromatic nitrogens is 1. The summed E-state index contributed by atoms with van der Waals surface area (Å²) >= 11 is 0. The van der Waals surface area contributed by atoms with Crippen LogP contribution in [0.4, 0.5) is 5.82 Å². The lowest BCUT2D eigenvalue weighted by Crippen LogP contribution is -2.07. The van der Waals surface area contributed by atoms with E-state index >= 15 is 0 Å². The molecule has 0 atom stereocenters. The fourth-order valence-corrected chi connectivity index (χ4v) is 1.64. The van der Waals surface area contributed by atoms with Crippen molar-refractivity contribution in [2.24, 2.45) is 0 Å². The molecule has 1 aromatic carbocycles. The summed E-state index contributed by atoms with van der Waals surface area (Å²) in [7, 11) is 0. The number of nitrogens with zero attached hydrogens (tertiary/aromatic N) is 1. The Morgan fingerprint density at radius 2 is 2.00 bits per heavy atom. The predicted octanol–water partition coefficient (Wildman–Crippen LogP) is 2.43. The Morgan fingerprint density at radius 1 is 1.22 bits per heavy atom. The van der Waals surface area contributed by atoms with E-state index in [-0.39, 0.29) is 5.56 Å². The zero-order chi connectivity index (χ0) is 12.8. The first-order valence-electron chi connectivity index (χ1n) is 5.73. The van der Waals surface area contributed by atoms with Crippen molar-refractivity contribution in [3.8, 4) is 0 Å². The van der Waals surface area contributed by atoms with E-state index in [9.17, 15) is 4.79 Å². The number of carbonyl (C=O) groups is 1.